The number of aliphatic imine (C=N–C) groups is 1. The van der Waals surface area contributed by atoms with E-state index in [2.05, 4.69) is 20.9 Å². The Kier molecular flexibility index (Phi) is 11.3. The van der Waals surface area contributed by atoms with Crippen LogP contribution < -0.4 is 33.2 Å². The highest BCUT2D eigenvalue weighted by atomic mass is 16.4. The van der Waals surface area contributed by atoms with Crippen molar-refractivity contribution in [2.75, 3.05) is 6.54 Å². The lowest BCUT2D eigenvalue weighted by Crippen LogP contribution is -2.56. The summed E-state index contributed by atoms with van der Waals surface area (Å²) in [5.41, 5.74) is 16.8. The predicted octanol–water partition coefficient (Wildman–Crippen LogP) is -1.81. The highest BCUT2D eigenvalue weighted by molar-refractivity contribution is 5.94. The fourth-order valence-electron chi connectivity index (χ4n) is 2.80. The molecule has 33 heavy (non-hydrogen) atoms. The van der Waals surface area contributed by atoms with E-state index in [-0.39, 0.29) is 25.3 Å². The van der Waals surface area contributed by atoms with Crippen molar-refractivity contribution in [1.82, 2.24) is 16.0 Å². The van der Waals surface area contributed by atoms with E-state index in [0.717, 1.165) is 5.56 Å². The van der Waals surface area contributed by atoms with Gasteiger partial charge >= 0.3 is 5.97 Å². The molecule has 4 atom stereocenters. The van der Waals surface area contributed by atoms with Crippen molar-refractivity contribution in [3.8, 4) is 0 Å². The number of benzene rings is 1. The van der Waals surface area contributed by atoms with Crippen molar-refractivity contribution < 1.29 is 24.3 Å². The number of carboxylic acid groups (broad SMARTS) is 1. The van der Waals surface area contributed by atoms with Gasteiger partial charge in [0, 0.05) is 13.0 Å². The van der Waals surface area contributed by atoms with E-state index in [1.807, 2.05) is 6.07 Å². The predicted molar refractivity (Wildman–Crippen MR) is 123 cm³/mol. The van der Waals surface area contributed by atoms with E-state index in [4.69, 9.17) is 17.2 Å². The molecule has 0 aliphatic carbocycles. The summed E-state index contributed by atoms with van der Waals surface area (Å²) in [5.74, 6) is -3.14. The molecule has 0 radical (unpaired) electrons. The second-order valence-corrected chi connectivity index (χ2v) is 7.62. The second-order valence-electron chi connectivity index (χ2n) is 7.62. The summed E-state index contributed by atoms with van der Waals surface area (Å²) in [5, 5.41) is 16.8. The van der Waals surface area contributed by atoms with Crippen LogP contribution in [-0.4, -0.2) is 65.5 Å². The van der Waals surface area contributed by atoms with Gasteiger partial charge in [0.15, 0.2) is 5.96 Å². The van der Waals surface area contributed by atoms with Crippen LogP contribution in [-0.2, 0) is 25.6 Å². The zero-order chi connectivity index (χ0) is 25.0. The van der Waals surface area contributed by atoms with Crippen molar-refractivity contribution in [1.29, 1.82) is 0 Å². The minimum absolute atomic E-state index is 0.0968. The molecule has 12 nitrogen and oxygen atoms in total. The topological polar surface area (TPSA) is 215 Å². The van der Waals surface area contributed by atoms with Gasteiger partial charge in [-0.25, -0.2) is 4.79 Å². The molecule has 0 saturated heterocycles. The summed E-state index contributed by atoms with van der Waals surface area (Å²) in [4.78, 5) is 52.6. The molecular weight excluding hydrogens is 430 g/mol. The number of carbonyl (C=O) groups is 4. The van der Waals surface area contributed by atoms with Gasteiger partial charge in [-0.1, -0.05) is 30.3 Å². The van der Waals surface area contributed by atoms with Crippen molar-refractivity contribution in [2.45, 2.75) is 57.3 Å². The largest absolute Gasteiger partial charge is 0.480 e. The molecular formula is C21H33N7O5. The van der Waals surface area contributed by atoms with Gasteiger partial charge in [0.05, 0.1) is 6.04 Å². The van der Waals surface area contributed by atoms with Crippen LogP contribution in [0, 0.1) is 0 Å². The van der Waals surface area contributed by atoms with Gasteiger partial charge in [-0.3, -0.25) is 19.4 Å². The Morgan fingerprint density at radius 3 is 2.09 bits per heavy atom. The van der Waals surface area contributed by atoms with Crippen molar-refractivity contribution in [2.24, 2.45) is 22.2 Å². The van der Waals surface area contributed by atoms with E-state index >= 15 is 0 Å². The molecule has 0 bridgehead atoms. The van der Waals surface area contributed by atoms with Crippen LogP contribution in [0.15, 0.2) is 35.3 Å². The number of nitrogens with one attached hydrogen (secondary N) is 3. The molecule has 1 aromatic carbocycles. The zero-order valence-corrected chi connectivity index (χ0v) is 18.8. The van der Waals surface area contributed by atoms with E-state index in [1.165, 1.54) is 13.8 Å². The van der Waals surface area contributed by atoms with Gasteiger partial charge in [-0.15, -0.1) is 0 Å². The quantitative estimate of drug-likeness (QED) is 0.100. The maximum Gasteiger partial charge on any atom is 0.326 e. The first-order valence-electron chi connectivity index (χ1n) is 10.5. The Labute approximate surface area is 192 Å². The molecule has 0 aliphatic heterocycles. The molecule has 1 aromatic rings. The maximum absolute atomic E-state index is 12.8. The fraction of sp³-hybridized carbons (Fsp3) is 0.476. The van der Waals surface area contributed by atoms with Crippen LogP contribution in [0.25, 0.3) is 0 Å². The van der Waals surface area contributed by atoms with E-state index in [9.17, 15) is 24.3 Å². The lowest BCUT2D eigenvalue weighted by Gasteiger charge is -2.23. The van der Waals surface area contributed by atoms with Crippen LogP contribution in [0.3, 0.4) is 0 Å². The monoisotopic (exact) mass is 463 g/mol. The molecule has 1 rings (SSSR count). The first-order chi connectivity index (χ1) is 15.5. The van der Waals surface area contributed by atoms with E-state index < -0.39 is 47.9 Å². The lowest BCUT2D eigenvalue weighted by atomic mass is 10.0. The summed E-state index contributed by atoms with van der Waals surface area (Å²) in [6, 6.07) is 4.99. The number of rotatable bonds is 13. The maximum atomic E-state index is 12.8. The number of guanidine groups is 1. The van der Waals surface area contributed by atoms with Crippen molar-refractivity contribution in [3.63, 3.8) is 0 Å². The molecule has 3 amide bonds. The number of nitrogens with two attached hydrogens (primary N) is 3. The Bertz CT molecular complexity index is 841. The Balaban J connectivity index is 2.77. The summed E-state index contributed by atoms with van der Waals surface area (Å²) in [6.45, 7) is 3.12. The molecule has 12 heteroatoms. The molecule has 4 unspecified atom stereocenters. The van der Waals surface area contributed by atoms with Crippen LogP contribution >= 0.6 is 0 Å². The second kappa shape index (κ2) is 13.7. The number of carbonyl (C=O) groups excluding carboxylic acids is 3. The van der Waals surface area contributed by atoms with Crippen LogP contribution in [0.2, 0.25) is 0 Å². The number of aliphatic carboxylic acids is 1. The first kappa shape index (κ1) is 27.4. The van der Waals surface area contributed by atoms with Gasteiger partial charge in [0.25, 0.3) is 0 Å². The third-order valence-electron chi connectivity index (χ3n) is 4.64. The van der Waals surface area contributed by atoms with Crippen molar-refractivity contribution in [3.05, 3.63) is 35.9 Å². The zero-order valence-electron chi connectivity index (χ0n) is 18.8. The number of hydrogen-bond donors (Lipinski definition) is 7. The number of amides is 3. The van der Waals surface area contributed by atoms with E-state index in [1.54, 1.807) is 24.3 Å². The third-order valence-corrected chi connectivity index (χ3v) is 4.64. The third kappa shape index (κ3) is 10.5. The average molecular weight is 464 g/mol. The normalized spacial score (nSPS) is 14.2. The standard InChI is InChI=1S/C21H33N7O5/c1-12(22)17(29)28-16(11-14-7-4-3-5-8-14)19(31)26-13(2)18(30)27-15(20(32)33)9-6-10-25-21(23)24/h3-5,7-8,12-13,15-16H,6,9-11,22H2,1-2H3,(H,26,31)(H,27,30)(H,28,29)(H,32,33)(H4,23,24,25). The fourth-order valence-corrected chi connectivity index (χ4v) is 2.80. The molecule has 0 aromatic heterocycles. The first-order valence-corrected chi connectivity index (χ1v) is 10.5. The van der Waals surface area contributed by atoms with Gasteiger partial charge in [-0.05, 0) is 32.3 Å². The van der Waals surface area contributed by atoms with E-state index in [0.29, 0.717) is 6.42 Å². The molecule has 0 heterocycles. The molecule has 0 fully saturated rings. The minimum atomic E-state index is -1.22. The van der Waals surface area contributed by atoms with Crippen LogP contribution in [0.1, 0.15) is 32.3 Å². The molecule has 0 aliphatic rings. The summed E-state index contributed by atoms with van der Waals surface area (Å²) in [7, 11) is 0. The van der Waals surface area contributed by atoms with Crippen LogP contribution in [0.4, 0.5) is 0 Å². The van der Waals surface area contributed by atoms with Gasteiger partial charge in [-0.2, -0.15) is 0 Å². The Hall–Kier alpha value is -3.67. The smallest absolute Gasteiger partial charge is 0.326 e. The molecule has 10 N–H and O–H groups in total. The highest BCUT2D eigenvalue weighted by Crippen LogP contribution is 2.05. The summed E-state index contributed by atoms with van der Waals surface area (Å²) >= 11 is 0. The number of nitrogens with zero attached hydrogens (tertiary/aromatic N) is 1. The summed E-state index contributed by atoms with van der Waals surface area (Å²) in [6.07, 6.45) is 0.611. The molecule has 0 spiro atoms. The van der Waals surface area contributed by atoms with Crippen molar-refractivity contribution >= 4 is 29.7 Å². The minimum Gasteiger partial charge on any atom is -0.480 e. The number of hydrogen-bond acceptors (Lipinski definition) is 6. The summed E-state index contributed by atoms with van der Waals surface area (Å²) < 4.78 is 0. The molecule has 182 valence electrons. The SMILES string of the molecule is CC(N)C(=O)NC(Cc1ccccc1)C(=O)NC(C)C(=O)NC(CCCN=C(N)N)C(=O)O. The lowest BCUT2D eigenvalue weighted by molar-refractivity contribution is -0.142. The Morgan fingerprint density at radius 2 is 1.55 bits per heavy atom. The van der Waals surface area contributed by atoms with Gasteiger partial charge in [0.1, 0.15) is 18.1 Å². The Morgan fingerprint density at radius 1 is 0.939 bits per heavy atom. The number of carboxylic acids is 1. The highest BCUT2D eigenvalue weighted by Gasteiger charge is 2.27. The van der Waals surface area contributed by atoms with Crippen LogP contribution in [0.5, 0.6) is 0 Å². The van der Waals surface area contributed by atoms with Gasteiger partial charge < -0.3 is 38.3 Å². The van der Waals surface area contributed by atoms with Gasteiger partial charge in [0.2, 0.25) is 17.7 Å². The molecule has 0 saturated carbocycles. The average Bonchev–Trinajstić information content (AvgIpc) is 2.75.